The summed E-state index contributed by atoms with van der Waals surface area (Å²) in [5.74, 6) is -0.230. The first-order chi connectivity index (χ1) is 10.5. The summed E-state index contributed by atoms with van der Waals surface area (Å²) in [7, 11) is -3.15. The van der Waals surface area contributed by atoms with E-state index in [4.69, 9.17) is 9.05 Å². The average molecular weight is 322 g/mol. The Balaban J connectivity index is 2.23. The molecule has 1 aromatic carbocycles. The van der Waals surface area contributed by atoms with Gasteiger partial charge in [0.2, 0.25) is 0 Å². The summed E-state index contributed by atoms with van der Waals surface area (Å²) >= 11 is 0. The Labute approximate surface area is 132 Å². The van der Waals surface area contributed by atoms with Gasteiger partial charge in [0.15, 0.2) is 5.78 Å². The van der Waals surface area contributed by atoms with E-state index in [0.717, 1.165) is 5.56 Å². The second kappa shape index (κ2) is 7.36. The Morgan fingerprint density at radius 1 is 1.09 bits per heavy atom. The number of carbonyl (C=O) groups excluding carboxylic acids is 1. The van der Waals surface area contributed by atoms with E-state index in [1.165, 1.54) is 0 Å². The molecule has 0 heterocycles. The molecule has 0 saturated heterocycles. The zero-order chi connectivity index (χ0) is 16.2. The average Bonchev–Trinajstić information content (AvgIpc) is 2.77. The fraction of sp³-hybridized carbons (Fsp3) is 0.471. The molecular formula is C17H23O4P. The molecule has 0 aliphatic heterocycles. The van der Waals surface area contributed by atoms with Crippen LogP contribution in [-0.4, -0.2) is 25.2 Å². The molecule has 2 atom stereocenters. The van der Waals surface area contributed by atoms with Crippen molar-refractivity contribution < 1.29 is 18.4 Å². The maximum atomic E-state index is 12.7. The third kappa shape index (κ3) is 3.75. The lowest BCUT2D eigenvalue weighted by molar-refractivity contribution is -0.116. The number of allylic oxidation sites excluding steroid dienone is 2. The van der Waals surface area contributed by atoms with Crippen molar-refractivity contribution in [3.05, 3.63) is 42.0 Å². The van der Waals surface area contributed by atoms with Gasteiger partial charge in [-0.1, -0.05) is 43.3 Å². The zero-order valence-corrected chi connectivity index (χ0v) is 14.2. The number of carbonyl (C=O) groups is 1. The highest BCUT2D eigenvalue weighted by molar-refractivity contribution is 7.53. The molecule has 4 nitrogen and oxygen atoms in total. The smallest absolute Gasteiger partial charge is 0.309 e. The molecule has 120 valence electrons. The van der Waals surface area contributed by atoms with E-state index in [-0.39, 0.29) is 23.8 Å². The van der Waals surface area contributed by atoms with E-state index in [1.54, 1.807) is 13.8 Å². The van der Waals surface area contributed by atoms with Crippen LogP contribution in [0, 0.1) is 11.8 Å². The SMILES string of the molecule is CCOP(=O)(CC1C=C(c2ccccc2)C(=O)C1C)OCC. The Morgan fingerprint density at radius 3 is 2.23 bits per heavy atom. The number of ketones is 1. The van der Waals surface area contributed by atoms with Crippen molar-refractivity contribution in [1.29, 1.82) is 0 Å². The molecule has 0 saturated carbocycles. The Kier molecular flexibility index (Phi) is 5.74. The van der Waals surface area contributed by atoms with Crippen molar-refractivity contribution in [1.82, 2.24) is 0 Å². The largest absolute Gasteiger partial charge is 0.331 e. The van der Waals surface area contributed by atoms with Crippen LogP contribution in [0.15, 0.2) is 36.4 Å². The van der Waals surface area contributed by atoms with Crippen LogP contribution < -0.4 is 0 Å². The highest BCUT2D eigenvalue weighted by Crippen LogP contribution is 2.52. The summed E-state index contributed by atoms with van der Waals surface area (Å²) in [6, 6.07) is 9.58. The van der Waals surface area contributed by atoms with Crippen LogP contribution in [0.4, 0.5) is 0 Å². The molecule has 5 heteroatoms. The van der Waals surface area contributed by atoms with Crippen molar-refractivity contribution in [2.24, 2.45) is 11.8 Å². The fourth-order valence-corrected chi connectivity index (χ4v) is 4.75. The number of Topliss-reactive ketones (excluding diaryl/α,β-unsaturated/α-hetero) is 1. The van der Waals surface area contributed by atoms with Crippen LogP contribution in [0.1, 0.15) is 26.3 Å². The topological polar surface area (TPSA) is 52.6 Å². The maximum Gasteiger partial charge on any atom is 0.331 e. The van der Waals surface area contributed by atoms with Crippen LogP contribution in [0.25, 0.3) is 5.57 Å². The first-order valence-electron chi connectivity index (χ1n) is 7.70. The van der Waals surface area contributed by atoms with Crippen molar-refractivity contribution in [2.45, 2.75) is 20.8 Å². The lowest BCUT2D eigenvalue weighted by Gasteiger charge is -2.21. The van der Waals surface area contributed by atoms with Gasteiger partial charge in [0.05, 0.1) is 19.4 Å². The summed E-state index contributed by atoms with van der Waals surface area (Å²) in [6.45, 7) is 6.13. The van der Waals surface area contributed by atoms with Gasteiger partial charge < -0.3 is 9.05 Å². The second-order valence-electron chi connectivity index (χ2n) is 5.39. The Bertz CT molecular complexity index is 584. The number of hydrogen-bond donors (Lipinski definition) is 0. The molecule has 1 aromatic rings. The second-order valence-corrected chi connectivity index (χ2v) is 7.50. The first-order valence-corrected chi connectivity index (χ1v) is 9.43. The van der Waals surface area contributed by atoms with Crippen molar-refractivity contribution in [3.8, 4) is 0 Å². The molecule has 1 aliphatic carbocycles. The van der Waals surface area contributed by atoms with Gasteiger partial charge in [0.25, 0.3) is 0 Å². The molecule has 0 fully saturated rings. The summed E-state index contributed by atoms with van der Waals surface area (Å²) in [5, 5.41) is 0. The van der Waals surface area contributed by atoms with Gasteiger partial charge in [-0.25, -0.2) is 0 Å². The van der Waals surface area contributed by atoms with E-state index in [1.807, 2.05) is 43.3 Å². The molecule has 0 N–H and O–H groups in total. The van der Waals surface area contributed by atoms with Crippen molar-refractivity contribution in [3.63, 3.8) is 0 Å². The van der Waals surface area contributed by atoms with E-state index >= 15 is 0 Å². The summed E-state index contributed by atoms with van der Waals surface area (Å²) in [5.41, 5.74) is 1.61. The number of benzene rings is 1. The molecule has 0 bridgehead atoms. The van der Waals surface area contributed by atoms with Gasteiger partial charge in [-0.2, -0.15) is 0 Å². The van der Waals surface area contributed by atoms with Gasteiger partial charge in [-0.15, -0.1) is 0 Å². The minimum atomic E-state index is -3.15. The normalized spacial score (nSPS) is 22.0. The summed E-state index contributed by atoms with van der Waals surface area (Å²) in [6.07, 6.45) is 2.17. The predicted molar refractivity (Wildman–Crippen MR) is 87.8 cm³/mol. The number of hydrogen-bond acceptors (Lipinski definition) is 4. The third-order valence-electron chi connectivity index (χ3n) is 3.87. The molecule has 2 rings (SSSR count). The molecule has 22 heavy (non-hydrogen) atoms. The molecule has 0 aromatic heterocycles. The lowest BCUT2D eigenvalue weighted by atomic mass is 9.97. The lowest BCUT2D eigenvalue weighted by Crippen LogP contribution is -2.17. The number of rotatable bonds is 7. The van der Waals surface area contributed by atoms with Crippen LogP contribution in [0.5, 0.6) is 0 Å². The highest BCUT2D eigenvalue weighted by Gasteiger charge is 2.38. The van der Waals surface area contributed by atoms with Crippen molar-refractivity contribution >= 4 is 19.0 Å². The minimum Gasteiger partial charge on any atom is -0.309 e. The first kappa shape index (κ1) is 17.1. The van der Waals surface area contributed by atoms with Gasteiger partial charge in [0.1, 0.15) is 0 Å². The predicted octanol–water partition coefficient (Wildman–Crippen LogP) is 4.17. The molecule has 1 aliphatic rings. The van der Waals surface area contributed by atoms with Gasteiger partial charge in [-0.3, -0.25) is 9.36 Å². The van der Waals surface area contributed by atoms with E-state index < -0.39 is 7.60 Å². The highest BCUT2D eigenvalue weighted by atomic mass is 31.2. The van der Waals surface area contributed by atoms with Gasteiger partial charge in [0, 0.05) is 11.5 Å². The molecule has 0 spiro atoms. The van der Waals surface area contributed by atoms with E-state index in [9.17, 15) is 9.36 Å². The Hall–Kier alpha value is -1.22. The van der Waals surface area contributed by atoms with Crippen LogP contribution in [0.2, 0.25) is 0 Å². The van der Waals surface area contributed by atoms with Crippen LogP contribution in [-0.2, 0) is 18.4 Å². The minimum absolute atomic E-state index is 0.0933. The fourth-order valence-electron chi connectivity index (χ4n) is 2.74. The maximum absolute atomic E-state index is 12.7. The monoisotopic (exact) mass is 322 g/mol. The van der Waals surface area contributed by atoms with Crippen LogP contribution >= 0.6 is 7.60 Å². The van der Waals surface area contributed by atoms with E-state index in [0.29, 0.717) is 18.8 Å². The summed E-state index contributed by atoms with van der Waals surface area (Å²) in [4.78, 5) is 12.5. The van der Waals surface area contributed by atoms with Gasteiger partial charge in [-0.05, 0) is 25.3 Å². The molecule has 0 amide bonds. The van der Waals surface area contributed by atoms with Crippen molar-refractivity contribution in [2.75, 3.05) is 19.4 Å². The Morgan fingerprint density at radius 2 is 1.68 bits per heavy atom. The molecule has 0 radical (unpaired) electrons. The van der Waals surface area contributed by atoms with Crippen LogP contribution in [0.3, 0.4) is 0 Å². The standard InChI is InChI=1S/C17H23O4P/c1-4-20-22(19,21-5-2)12-15-11-16(17(18)13(15)3)14-9-7-6-8-10-14/h6-11,13,15H,4-5,12H2,1-3H3. The van der Waals surface area contributed by atoms with Gasteiger partial charge >= 0.3 is 7.60 Å². The third-order valence-corrected chi connectivity index (χ3v) is 6.04. The molecule has 2 unspecified atom stereocenters. The zero-order valence-electron chi connectivity index (χ0n) is 13.3. The quantitative estimate of drug-likeness (QED) is 0.707. The molecular weight excluding hydrogens is 299 g/mol. The summed E-state index contributed by atoms with van der Waals surface area (Å²) < 4.78 is 23.4. The van der Waals surface area contributed by atoms with E-state index in [2.05, 4.69) is 0 Å².